The Morgan fingerprint density at radius 1 is 1.28 bits per heavy atom. The number of anilines is 1. The van der Waals surface area contributed by atoms with Gasteiger partial charge in [-0.15, -0.1) is 0 Å². The lowest BCUT2D eigenvalue weighted by Crippen LogP contribution is -2.29. The van der Waals surface area contributed by atoms with Crippen LogP contribution in [0.1, 0.15) is 18.9 Å². The number of nitrogens with zero attached hydrogens (tertiary/aromatic N) is 3. The minimum absolute atomic E-state index is 0.0151. The molecule has 170 valence electrons. The topological polar surface area (TPSA) is 59.4 Å². The number of hydrogen-bond donors (Lipinski definition) is 1. The van der Waals surface area contributed by atoms with Crippen molar-refractivity contribution in [3.63, 3.8) is 0 Å². The number of benzene rings is 1. The van der Waals surface area contributed by atoms with E-state index in [0.717, 1.165) is 12.1 Å². The Kier molecular flexibility index (Phi) is 6.88. The standard InChI is InChI=1S/C23H25F3N4O2/c1-13(32-5)10-20(26)27-14(2)17-12-30(19-8-6-15(24)11-18(19)25)23-16(22(17)31)7-9-21(28-23)29(3)4/h6-9,11-13,20,27H,2,10H2,1,3-5H3/t13?,20-/m0/s1. The predicted octanol–water partition coefficient (Wildman–Crippen LogP) is 4.01. The number of alkyl halides is 1. The zero-order chi connectivity index (χ0) is 23.6. The predicted molar refractivity (Wildman–Crippen MR) is 120 cm³/mol. The fourth-order valence-electron chi connectivity index (χ4n) is 3.23. The number of aromatic nitrogens is 2. The van der Waals surface area contributed by atoms with Gasteiger partial charge in [0, 0.05) is 45.6 Å². The second-order valence-corrected chi connectivity index (χ2v) is 7.65. The highest BCUT2D eigenvalue weighted by molar-refractivity contribution is 5.82. The van der Waals surface area contributed by atoms with Gasteiger partial charge in [0.15, 0.2) is 17.4 Å². The van der Waals surface area contributed by atoms with Gasteiger partial charge in [-0.05, 0) is 31.2 Å². The monoisotopic (exact) mass is 446 g/mol. The van der Waals surface area contributed by atoms with Gasteiger partial charge in [0.25, 0.3) is 0 Å². The van der Waals surface area contributed by atoms with E-state index in [0.29, 0.717) is 5.82 Å². The minimum atomic E-state index is -1.52. The number of pyridine rings is 2. The smallest absolute Gasteiger partial charge is 0.200 e. The average Bonchev–Trinajstić information content (AvgIpc) is 2.73. The first-order valence-corrected chi connectivity index (χ1v) is 9.94. The van der Waals surface area contributed by atoms with Crippen molar-refractivity contribution in [1.29, 1.82) is 0 Å². The van der Waals surface area contributed by atoms with Crippen molar-refractivity contribution in [3.8, 4) is 5.69 Å². The van der Waals surface area contributed by atoms with Crippen LogP contribution in [0, 0.1) is 11.6 Å². The molecule has 2 atom stereocenters. The maximum Gasteiger partial charge on any atom is 0.200 e. The molecule has 0 aliphatic rings. The molecule has 9 heteroatoms. The largest absolute Gasteiger partial charge is 0.382 e. The maximum absolute atomic E-state index is 14.7. The van der Waals surface area contributed by atoms with Gasteiger partial charge < -0.3 is 15.0 Å². The summed E-state index contributed by atoms with van der Waals surface area (Å²) >= 11 is 0. The van der Waals surface area contributed by atoms with Crippen LogP contribution in [0.2, 0.25) is 0 Å². The van der Waals surface area contributed by atoms with Crippen molar-refractivity contribution in [2.24, 2.45) is 0 Å². The van der Waals surface area contributed by atoms with Gasteiger partial charge in [-0.25, -0.2) is 18.2 Å². The normalized spacial score (nSPS) is 13.1. The zero-order valence-corrected chi connectivity index (χ0v) is 18.3. The maximum atomic E-state index is 14.7. The summed E-state index contributed by atoms with van der Waals surface area (Å²) in [5.74, 6) is -1.04. The quantitative estimate of drug-likeness (QED) is 0.530. The van der Waals surface area contributed by atoms with Gasteiger partial charge in [-0.1, -0.05) is 6.58 Å². The molecular formula is C23H25F3N4O2. The molecule has 0 fully saturated rings. The van der Waals surface area contributed by atoms with E-state index in [1.807, 2.05) is 0 Å². The fraction of sp³-hybridized carbons (Fsp3) is 0.304. The van der Waals surface area contributed by atoms with Crippen molar-refractivity contribution >= 4 is 22.5 Å². The van der Waals surface area contributed by atoms with Crippen LogP contribution < -0.4 is 15.6 Å². The summed E-state index contributed by atoms with van der Waals surface area (Å²) in [5.41, 5.74) is -0.221. The number of methoxy groups -OCH3 is 1. The number of nitrogens with one attached hydrogen (secondary N) is 1. The third-order valence-electron chi connectivity index (χ3n) is 5.06. The lowest BCUT2D eigenvalue weighted by atomic mass is 10.1. The van der Waals surface area contributed by atoms with Gasteiger partial charge in [0.05, 0.1) is 22.7 Å². The van der Waals surface area contributed by atoms with Gasteiger partial charge in [-0.2, -0.15) is 0 Å². The Morgan fingerprint density at radius 2 is 2.00 bits per heavy atom. The van der Waals surface area contributed by atoms with Crippen molar-refractivity contribution in [3.05, 3.63) is 70.5 Å². The lowest BCUT2D eigenvalue weighted by Gasteiger charge is -2.20. The Hall–Kier alpha value is -3.33. The number of fused-ring (bicyclic) bond motifs is 1. The van der Waals surface area contributed by atoms with Crippen LogP contribution in [0.3, 0.4) is 0 Å². The Labute approximate surface area is 183 Å². The molecule has 0 aliphatic heterocycles. The van der Waals surface area contributed by atoms with Crippen LogP contribution in [-0.4, -0.2) is 43.2 Å². The average molecular weight is 446 g/mol. The SMILES string of the molecule is C=C(N[C@H](F)CC(C)OC)c1cn(-c2ccc(F)cc2F)c2nc(N(C)C)ccc2c1=O. The van der Waals surface area contributed by atoms with Gasteiger partial charge >= 0.3 is 0 Å². The highest BCUT2D eigenvalue weighted by Crippen LogP contribution is 2.23. The van der Waals surface area contributed by atoms with Gasteiger partial charge in [0.1, 0.15) is 17.5 Å². The molecule has 3 aromatic rings. The molecule has 0 amide bonds. The summed E-state index contributed by atoms with van der Waals surface area (Å²) in [6.45, 7) is 5.51. The first-order valence-electron chi connectivity index (χ1n) is 9.94. The van der Waals surface area contributed by atoms with Crippen molar-refractivity contribution in [2.45, 2.75) is 25.7 Å². The van der Waals surface area contributed by atoms with Crippen LogP contribution in [0.4, 0.5) is 19.0 Å². The molecule has 1 aromatic carbocycles. The second kappa shape index (κ2) is 9.44. The van der Waals surface area contributed by atoms with Crippen LogP contribution in [0.5, 0.6) is 0 Å². The molecular weight excluding hydrogens is 421 g/mol. The molecule has 0 saturated carbocycles. The van der Waals surface area contributed by atoms with Crippen molar-refractivity contribution in [1.82, 2.24) is 14.9 Å². The van der Waals surface area contributed by atoms with Crippen molar-refractivity contribution in [2.75, 3.05) is 26.1 Å². The van der Waals surface area contributed by atoms with Crippen LogP contribution >= 0.6 is 0 Å². The molecule has 0 bridgehead atoms. The van der Waals surface area contributed by atoms with Gasteiger partial charge in [-0.3, -0.25) is 9.36 Å². The first kappa shape index (κ1) is 23.3. The Morgan fingerprint density at radius 3 is 2.62 bits per heavy atom. The highest BCUT2D eigenvalue weighted by Gasteiger charge is 2.19. The molecule has 2 aromatic heterocycles. The number of hydrogen-bond acceptors (Lipinski definition) is 5. The molecule has 6 nitrogen and oxygen atoms in total. The summed E-state index contributed by atoms with van der Waals surface area (Å²) in [6, 6.07) is 6.30. The van der Waals surface area contributed by atoms with Gasteiger partial charge in [0.2, 0.25) is 0 Å². The minimum Gasteiger partial charge on any atom is -0.382 e. The van der Waals surface area contributed by atoms with E-state index in [2.05, 4.69) is 16.9 Å². The fourth-order valence-corrected chi connectivity index (χ4v) is 3.23. The zero-order valence-electron chi connectivity index (χ0n) is 18.3. The van der Waals surface area contributed by atoms with E-state index >= 15 is 0 Å². The first-order chi connectivity index (χ1) is 15.1. The number of rotatable bonds is 8. The van der Waals surface area contributed by atoms with Crippen LogP contribution in [0.15, 0.2) is 47.9 Å². The number of halogens is 3. The summed E-state index contributed by atoms with van der Waals surface area (Å²) < 4.78 is 49.0. The molecule has 2 heterocycles. The second-order valence-electron chi connectivity index (χ2n) is 7.65. The molecule has 32 heavy (non-hydrogen) atoms. The summed E-state index contributed by atoms with van der Waals surface area (Å²) in [5, 5.41) is 2.74. The lowest BCUT2D eigenvalue weighted by molar-refractivity contribution is 0.0817. The molecule has 0 radical (unpaired) electrons. The van der Waals surface area contributed by atoms with E-state index in [-0.39, 0.29) is 40.5 Å². The van der Waals surface area contributed by atoms with E-state index in [1.54, 1.807) is 38.1 Å². The molecule has 0 aliphatic carbocycles. The highest BCUT2D eigenvalue weighted by atomic mass is 19.1. The number of ether oxygens (including phenoxy) is 1. The van der Waals surface area contributed by atoms with E-state index < -0.39 is 23.4 Å². The van der Waals surface area contributed by atoms with Crippen LogP contribution in [-0.2, 0) is 4.74 Å². The molecule has 0 spiro atoms. The van der Waals surface area contributed by atoms with E-state index in [9.17, 15) is 18.0 Å². The molecule has 1 unspecified atom stereocenters. The third kappa shape index (κ3) is 4.77. The van der Waals surface area contributed by atoms with Crippen molar-refractivity contribution < 1.29 is 17.9 Å². The van der Waals surface area contributed by atoms with E-state index in [4.69, 9.17) is 4.74 Å². The van der Waals surface area contributed by atoms with Crippen LogP contribution in [0.25, 0.3) is 22.4 Å². The Balaban J connectivity index is 2.19. The Bertz CT molecular complexity index is 1210. The van der Waals surface area contributed by atoms with E-state index in [1.165, 1.54) is 23.9 Å². The summed E-state index contributed by atoms with van der Waals surface area (Å²) in [7, 11) is 5.02. The molecule has 3 rings (SSSR count). The third-order valence-corrected chi connectivity index (χ3v) is 5.06. The summed E-state index contributed by atoms with van der Waals surface area (Å²) in [4.78, 5) is 19.4. The summed E-state index contributed by atoms with van der Waals surface area (Å²) in [6.07, 6.45) is -0.495. The molecule has 0 saturated heterocycles. The molecule has 1 N–H and O–H groups in total.